The van der Waals surface area contributed by atoms with E-state index >= 15 is 0 Å². The van der Waals surface area contributed by atoms with Crippen LogP contribution in [0.15, 0.2) is 24.5 Å². The molecule has 2 N–H and O–H groups in total. The summed E-state index contributed by atoms with van der Waals surface area (Å²) in [5.74, 6) is 0.125. The molecule has 2 aliphatic heterocycles. The average molecular weight is 312 g/mol. The van der Waals surface area contributed by atoms with Gasteiger partial charge in [-0.2, -0.15) is 0 Å². The summed E-state index contributed by atoms with van der Waals surface area (Å²) < 4.78 is 5.74. The molecule has 3 heterocycles. The average Bonchev–Trinajstić information content (AvgIpc) is 3.16. The molecular weight excluding hydrogens is 290 g/mol. The molecule has 0 bridgehead atoms. The highest BCUT2D eigenvalue weighted by atomic mass is 35.5. The van der Waals surface area contributed by atoms with E-state index in [1.165, 1.54) is 5.56 Å². The molecule has 2 fully saturated rings. The minimum atomic E-state index is -0.300. The number of carbonyl (C=O) groups is 1. The molecule has 2 saturated heterocycles. The van der Waals surface area contributed by atoms with E-state index in [0.717, 1.165) is 32.2 Å². The summed E-state index contributed by atoms with van der Waals surface area (Å²) in [5, 5.41) is 0. The van der Waals surface area contributed by atoms with E-state index in [9.17, 15) is 4.79 Å². The van der Waals surface area contributed by atoms with Crippen LogP contribution in [0.5, 0.6) is 0 Å². The lowest BCUT2D eigenvalue weighted by molar-refractivity contribution is -0.143. The maximum atomic E-state index is 12.6. The molecule has 3 rings (SSSR count). The summed E-state index contributed by atoms with van der Waals surface area (Å²) in [6.45, 7) is 1.32. The molecule has 1 aromatic rings. The van der Waals surface area contributed by atoms with Crippen LogP contribution in [0.25, 0.3) is 0 Å². The largest absolute Gasteiger partial charge is 0.364 e. The highest BCUT2D eigenvalue weighted by Gasteiger charge is 2.37. The summed E-state index contributed by atoms with van der Waals surface area (Å²) in [6, 6.07) is 4.16. The first-order valence-electron chi connectivity index (χ1n) is 7.35. The Morgan fingerprint density at radius 2 is 2.10 bits per heavy atom. The minimum Gasteiger partial charge on any atom is -0.364 e. The van der Waals surface area contributed by atoms with Crippen molar-refractivity contribution in [2.75, 3.05) is 13.1 Å². The molecule has 21 heavy (non-hydrogen) atoms. The summed E-state index contributed by atoms with van der Waals surface area (Å²) >= 11 is 0. The van der Waals surface area contributed by atoms with E-state index in [-0.39, 0.29) is 36.6 Å². The zero-order chi connectivity index (χ0) is 13.9. The van der Waals surface area contributed by atoms with Gasteiger partial charge < -0.3 is 15.4 Å². The first-order valence-corrected chi connectivity index (χ1v) is 7.35. The topological polar surface area (TPSA) is 68.5 Å². The van der Waals surface area contributed by atoms with Gasteiger partial charge in [-0.05, 0) is 43.4 Å². The second-order valence-corrected chi connectivity index (χ2v) is 5.53. The molecule has 0 saturated carbocycles. The fraction of sp³-hybridized carbons (Fsp3) is 0.600. The molecule has 0 radical (unpaired) electrons. The van der Waals surface area contributed by atoms with Gasteiger partial charge >= 0.3 is 0 Å². The monoisotopic (exact) mass is 311 g/mol. The van der Waals surface area contributed by atoms with E-state index in [0.29, 0.717) is 6.54 Å². The predicted molar refractivity (Wildman–Crippen MR) is 82.1 cm³/mol. The number of hydrogen-bond acceptors (Lipinski definition) is 4. The van der Waals surface area contributed by atoms with Crippen LogP contribution < -0.4 is 5.73 Å². The number of amides is 1. The molecule has 1 unspecified atom stereocenters. The van der Waals surface area contributed by atoms with E-state index < -0.39 is 0 Å². The van der Waals surface area contributed by atoms with Crippen molar-refractivity contribution in [3.05, 3.63) is 30.1 Å². The highest BCUT2D eigenvalue weighted by molar-refractivity contribution is 5.85. The van der Waals surface area contributed by atoms with Crippen molar-refractivity contribution in [3.63, 3.8) is 0 Å². The van der Waals surface area contributed by atoms with Crippen molar-refractivity contribution in [2.45, 2.75) is 43.9 Å². The van der Waals surface area contributed by atoms with Crippen molar-refractivity contribution in [1.29, 1.82) is 0 Å². The van der Waals surface area contributed by atoms with Crippen molar-refractivity contribution in [3.8, 4) is 0 Å². The van der Waals surface area contributed by atoms with E-state index in [1.54, 1.807) is 12.4 Å². The number of halogens is 1. The lowest BCUT2D eigenvalue weighted by Gasteiger charge is -2.27. The standard InChI is InChI=1S/C15H21N3O2.ClH/c16-10-12-3-4-14(20-12)15(19)18-9-1-2-13(18)11-5-7-17-8-6-11;/h5-8,12-14H,1-4,9-10,16H2;1H/t12-,13?,14+;/m1./s1. The van der Waals surface area contributed by atoms with E-state index in [2.05, 4.69) is 4.98 Å². The van der Waals surface area contributed by atoms with Crippen LogP contribution in [0.1, 0.15) is 37.3 Å². The van der Waals surface area contributed by atoms with E-state index in [1.807, 2.05) is 17.0 Å². The third-order valence-corrected chi connectivity index (χ3v) is 4.27. The number of ether oxygens (including phenoxy) is 1. The zero-order valence-corrected chi connectivity index (χ0v) is 12.8. The summed E-state index contributed by atoms with van der Waals surface area (Å²) in [6.07, 6.45) is 7.06. The van der Waals surface area contributed by atoms with Crippen LogP contribution in [-0.4, -0.2) is 41.1 Å². The fourth-order valence-electron chi connectivity index (χ4n) is 3.21. The van der Waals surface area contributed by atoms with Crippen molar-refractivity contribution in [2.24, 2.45) is 5.73 Å². The number of hydrogen-bond donors (Lipinski definition) is 1. The fourth-order valence-corrected chi connectivity index (χ4v) is 3.21. The normalized spacial score (nSPS) is 28.4. The lowest BCUT2D eigenvalue weighted by Crippen LogP contribution is -2.39. The highest BCUT2D eigenvalue weighted by Crippen LogP contribution is 2.33. The van der Waals surface area contributed by atoms with Crippen LogP contribution in [0.2, 0.25) is 0 Å². The van der Waals surface area contributed by atoms with Crippen molar-refractivity contribution in [1.82, 2.24) is 9.88 Å². The summed E-state index contributed by atoms with van der Waals surface area (Å²) in [4.78, 5) is 18.7. The van der Waals surface area contributed by atoms with E-state index in [4.69, 9.17) is 10.5 Å². The second-order valence-electron chi connectivity index (χ2n) is 5.53. The molecular formula is C15H22ClN3O2. The van der Waals surface area contributed by atoms with Crippen molar-refractivity contribution >= 4 is 18.3 Å². The van der Waals surface area contributed by atoms with Crippen LogP contribution in [0, 0.1) is 0 Å². The summed E-state index contributed by atoms with van der Waals surface area (Å²) in [7, 11) is 0. The summed E-state index contributed by atoms with van der Waals surface area (Å²) in [5.41, 5.74) is 6.78. The van der Waals surface area contributed by atoms with Gasteiger partial charge in [0.2, 0.25) is 0 Å². The first kappa shape index (κ1) is 16.2. The number of likely N-dealkylation sites (tertiary alicyclic amines) is 1. The van der Waals surface area contributed by atoms with Gasteiger partial charge in [0.25, 0.3) is 5.91 Å². The Kier molecular flexibility index (Phi) is 5.56. The third-order valence-electron chi connectivity index (χ3n) is 4.27. The molecule has 116 valence electrons. The smallest absolute Gasteiger partial charge is 0.252 e. The van der Waals surface area contributed by atoms with Gasteiger partial charge in [0.05, 0.1) is 12.1 Å². The number of aromatic nitrogens is 1. The first-order chi connectivity index (χ1) is 9.79. The number of rotatable bonds is 3. The van der Waals surface area contributed by atoms with Gasteiger partial charge in [0.15, 0.2) is 0 Å². The van der Waals surface area contributed by atoms with Gasteiger partial charge in [-0.15, -0.1) is 12.4 Å². The van der Waals surface area contributed by atoms with Crippen LogP contribution in [0.3, 0.4) is 0 Å². The molecule has 1 amide bonds. The lowest BCUT2D eigenvalue weighted by atomic mass is 10.1. The van der Waals surface area contributed by atoms with Crippen molar-refractivity contribution < 1.29 is 9.53 Å². The Hall–Kier alpha value is -1.17. The molecule has 0 aliphatic carbocycles. The molecule has 5 nitrogen and oxygen atoms in total. The Balaban J connectivity index is 0.00000161. The van der Waals surface area contributed by atoms with Gasteiger partial charge in [-0.3, -0.25) is 9.78 Å². The number of pyridine rings is 1. The van der Waals surface area contributed by atoms with Gasteiger partial charge in [0.1, 0.15) is 6.10 Å². The molecule has 2 aliphatic rings. The van der Waals surface area contributed by atoms with Gasteiger partial charge in [0, 0.05) is 25.5 Å². The molecule has 3 atom stereocenters. The third kappa shape index (κ3) is 3.36. The van der Waals surface area contributed by atoms with Crippen LogP contribution in [0.4, 0.5) is 0 Å². The number of carbonyl (C=O) groups excluding carboxylic acids is 1. The number of nitrogens with two attached hydrogens (primary N) is 1. The Labute approximate surface area is 131 Å². The maximum absolute atomic E-state index is 12.6. The predicted octanol–water partition coefficient (Wildman–Crippen LogP) is 1.67. The Bertz CT molecular complexity index is 471. The Morgan fingerprint density at radius 3 is 2.76 bits per heavy atom. The number of nitrogens with zero attached hydrogens (tertiary/aromatic N) is 2. The van der Waals surface area contributed by atoms with Crippen LogP contribution in [-0.2, 0) is 9.53 Å². The molecule has 0 aromatic carbocycles. The minimum absolute atomic E-state index is 0. The van der Waals surface area contributed by atoms with Crippen LogP contribution >= 0.6 is 12.4 Å². The SMILES string of the molecule is Cl.NC[C@H]1CC[C@@H](C(=O)N2CCCC2c2ccncc2)O1. The van der Waals surface area contributed by atoms with Gasteiger partial charge in [-0.25, -0.2) is 0 Å². The van der Waals surface area contributed by atoms with Gasteiger partial charge in [-0.1, -0.05) is 0 Å². The molecule has 0 spiro atoms. The second kappa shape index (κ2) is 7.20. The quantitative estimate of drug-likeness (QED) is 0.922. The molecule has 1 aromatic heterocycles. The Morgan fingerprint density at radius 1 is 1.33 bits per heavy atom. The maximum Gasteiger partial charge on any atom is 0.252 e. The zero-order valence-electron chi connectivity index (χ0n) is 12.0. The molecule has 6 heteroatoms.